The van der Waals surface area contributed by atoms with Gasteiger partial charge in [0.1, 0.15) is 0 Å². The fourth-order valence-corrected chi connectivity index (χ4v) is 2.03. The molecular formula is C15H21N3O. The minimum atomic E-state index is -0.397. The molecule has 0 radical (unpaired) electrons. The summed E-state index contributed by atoms with van der Waals surface area (Å²) in [5.41, 5.74) is 6.93. The first kappa shape index (κ1) is 13.6. The van der Waals surface area contributed by atoms with Crippen molar-refractivity contribution in [2.24, 2.45) is 11.7 Å². The zero-order valence-corrected chi connectivity index (χ0v) is 11.7. The summed E-state index contributed by atoms with van der Waals surface area (Å²) in [4.78, 5) is 15.6. The van der Waals surface area contributed by atoms with Gasteiger partial charge in [-0.15, -0.1) is 0 Å². The molecule has 2 rings (SSSR count). The van der Waals surface area contributed by atoms with Crippen molar-refractivity contribution in [3.8, 4) is 0 Å². The molecule has 0 aliphatic heterocycles. The molecule has 0 spiro atoms. The van der Waals surface area contributed by atoms with E-state index in [1.807, 2.05) is 37.4 Å². The van der Waals surface area contributed by atoms with Crippen LogP contribution in [-0.4, -0.2) is 23.0 Å². The fourth-order valence-electron chi connectivity index (χ4n) is 2.03. The van der Waals surface area contributed by atoms with Crippen LogP contribution in [-0.2, 0) is 0 Å². The third-order valence-corrected chi connectivity index (χ3v) is 3.93. The van der Waals surface area contributed by atoms with E-state index in [9.17, 15) is 4.79 Å². The van der Waals surface area contributed by atoms with E-state index < -0.39 is 5.54 Å². The third kappa shape index (κ3) is 2.49. The molecule has 4 N–H and O–H groups in total. The Hall–Kier alpha value is -1.81. The zero-order valence-electron chi connectivity index (χ0n) is 11.7. The number of nitrogens with two attached hydrogens (primary N) is 1. The Kier molecular flexibility index (Phi) is 3.62. The predicted octanol–water partition coefficient (Wildman–Crippen LogP) is 2.27. The molecule has 1 heterocycles. The van der Waals surface area contributed by atoms with Gasteiger partial charge in [-0.3, -0.25) is 4.79 Å². The van der Waals surface area contributed by atoms with Gasteiger partial charge in [0, 0.05) is 18.1 Å². The molecule has 4 heteroatoms. The molecule has 0 aliphatic carbocycles. The van der Waals surface area contributed by atoms with E-state index in [-0.39, 0.29) is 11.8 Å². The molecule has 4 nitrogen and oxygen atoms in total. The number of aromatic nitrogens is 1. The molecule has 0 fully saturated rings. The first-order valence-electron chi connectivity index (χ1n) is 6.56. The fraction of sp³-hybridized carbons (Fsp3) is 0.400. The van der Waals surface area contributed by atoms with Gasteiger partial charge in [0.25, 0.3) is 5.91 Å². The maximum atomic E-state index is 12.4. The van der Waals surface area contributed by atoms with E-state index in [4.69, 9.17) is 5.73 Å². The Bertz CT molecular complexity index is 588. The van der Waals surface area contributed by atoms with Crippen LogP contribution in [0.15, 0.2) is 30.5 Å². The van der Waals surface area contributed by atoms with E-state index in [2.05, 4.69) is 24.1 Å². The summed E-state index contributed by atoms with van der Waals surface area (Å²) >= 11 is 0. The third-order valence-electron chi connectivity index (χ3n) is 3.93. The first-order valence-corrected chi connectivity index (χ1v) is 6.56. The number of benzene rings is 1. The lowest BCUT2D eigenvalue weighted by atomic mass is 9.88. The molecule has 1 aromatic carbocycles. The van der Waals surface area contributed by atoms with Crippen molar-refractivity contribution in [3.05, 3.63) is 36.0 Å². The highest BCUT2D eigenvalue weighted by molar-refractivity contribution is 6.05. The summed E-state index contributed by atoms with van der Waals surface area (Å²) in [6.07, 6.45) is 1.84. The summed E-state index contributed by atoms with van der Waals surface area (Å²) in [6, 6.07) is 7.65. The summed E-state index contributed by atoms with van der Waals surface area (Å²) in [6.45, 7) is 6.51. The van der Waals surface area contributed by atoms with Crippen molar-refractivity contribution in [3.63, 3.8) is 0 Å². The van der Waals surface area contributed by atoms with Gasteiger partial charge in [0.15, 0.2) is 0 Å². The molecule has 0 aliphatic rings. The average Bonchev–Trinajstić information content (AvgIpc) is 2.86. The molecule has 0 saturated carbocycles. The van der Waals surface area contributed by atoms with Crippen molar-refractivity contribution < 1.29 is 4.79 Å². The number of H-pyrrole nitrogens is 1. The smallest absolute Gasteiger partial charge is 0.253 e. The van der Waals surface area contributed by atoms with E-state index in [0.717, 1.165) is 10.9 Å². The molecule has 2 aromatic rings. The number of nitrogens with one attached hydrogen (secondary N) is 2. The number of carbonyl (C=O) groups excluding carboxylic acids is 1. The van der Waals surface area contributed by atoms with Gasteiger partial charge in [-0.2, -0.15) is 0 Å². The summed E-state index contributed by atoms with van der Waals surface area (Å²) in [5.74, 6) is 0.180. The van der Waals surface area contributed by atoms with Crippen molar-refractivity contribution >= 4 is 16.8 Å². The second kappa shape index (κ2) is 5.05. The predicted molar refractivity (Wildman–Crippen MR) is 78.1 cm³/mol. The van der Waals surface area contributed by atoms with Crippen LogP contribution in [0.3, 0.4) is 0 Å². The number of fused-ring (bicyclic) bond motifs is 1. The Balaban J connectivity index is 2.32. The minimum absolute atomic E-state index is 0.0882. The number of amides is 1. The SMILES string of the molecule is CC(C)C(C)(CN)NC(=O)c1cccc2cc[nH]c12. The average molecular weight is 259 g/mol. The number of carbonyl (C=O) groups is 1. The normalized spacial score (nSPS) is 14.6. The topological polar surface area (TPSA) is 70.9 Å². The van der Waals surface area contributed by atoms with Crippen LogP contribution in [0, 0.1) is 5.92 Å². The van der Waals surface area contributed by atoms with Crippen molar-refractivity contribution in [2.75, 3.05) is 6.54 Å². The van der Waals surface area contributed by atoms with Crippen molar-refractivity contribution in [1.82, 2.24) is 10.3 Å². The molecule has 0 saturated heterocycles. The van der Waals surface area contributed by atoms with Gasteiger partial charge in [0.2, 0.25) is 0 Å². The number of para-hydroxylation sites is 1. The minimum Gasteiger partial charge on any atom is -0.361 e. The van der Waals surface area contributed by atoms with Crippen LogP contribution in [0.25, 0.3) is 10.9 Å². The van der Waals surface area contributed by atoms with Gasteiger partial charge in [-0.1, -0.05) is 26.0 Å². The second-order valence-electron chi connectivity index (χ2n) is 5.48. The highest BCUT2D eigenvalue weighted by Crippen LogP contribution is 2.20. The van der Waals surface area contributed by atoms with Crippen LogP contribution in [0.2, 0.25) is 0 Å². The summed E-state index contributed by atoms with van der Waals surface area (Å²) in [5, 5.41) is 4.09. The Morgan fingerprint density at radius 2 is 2.16 bits per heavy atom. The zero-order chi connectivity index (χ0) is 14.0. The highest BCUT2D eigenvalue weighted by Gasteiger charge is 2.29. The Morgan fingerprint density at radius 3 is 2.79 bits per heavy atom. The standard InChI is InChI=1S/C15H21N3O/c1-10(2)15(3,9-16)18-14(19)12-6-4-5-11-7-8-17-13(11)12/h4-8,10,17H,9,16H2,1-3H3,(H,18,19). The van der Waals surface area contributed by atoms with Gasteiger partial charge >= 0.3 is 0 Å². The van der Waals surface area contributed by atoms with Crippen molar-refractivity contribution in [2.45, 2.75) is 26.3 Å². The number of hydrogen-bond acceptors (Lipinski definition) is 2. The van der Waals surface area contributed by atoms with Crippen LogP contribution >= 0.6 is 0 Å². The van der Waals surface area contributed by atoms with Gasteiger partial charge in [-0.25, -0.2) is 0 Å². The van der Waals surface area contributed by atoms with E-state index >= 15 is 0 Å². The maximum Gasteiger partial charge on any atom is 0.253 e. The Labute approximate surface area is 113 Å². The van der Waals surface area contributed by atoms with Crippen molar-refractivity contribution in [1.29, 1.82) is 0 Å². The van der Waals surface area contributed by atoms with Crippen LogP contribution in [0.4, 0.5) is 0 Å². The highest BCUT2D eigenvalue weighted by atomic mass is 16.1. The monoisotopic (exact) mass is 259 g/mol. The molecule has 0 bridgehead atoms. The summed E-state index contributed by atoms with van der Waals surface area (Å²) < 4.78 is 0. The molecule has 1 aromatic heterocycles. The molecule has 1 amide bonds. The van der Waals surface area contributed by atoms with Crippen LogP contribution < -0.4 is 11.1 Å². The molecule has 19 heavy (non-hydrogen) atoms. The lowest BCUT2D eigenvalue weighted by molar-refractivity contribution is 0.0885. The first-order chi connectivity index (χ1) is 8.98. The lowest BCUT2D eigenvalue weighted by Gasteiger charge is -2.33. The molecule has 102 valence electrons. The van der Waals surface area contributed by atoms with Crippen LogP contribution in [0.5, 0.6) is 0 Å². The molecular weight excluding hydrogens is 238 g/mol. The largest absolute Gasteiger partial charge is 0.361 e. The van der Waals surface area contributed by atoms with Gasteiger partial charge in [-0.05, 0) is 25.0 Å². The van der Waals surface area contributed by atoms with E-state index in [1.165, 1.54) is 0 Å². The van der Waals surface area contributed by atoms with Gasteiger partial charge < -0.3 is 16.0 Å². The molecule has 1 unspecified atom stereocenters. The Morgan fingerprint density at radius 1 is 1.42 bits per heavy atom. The van der Waals surface area contributed by atoms with E-state index in [0.29, 0.717) is 12.1 Å². The van der Waals surface area contributed by atoms with Gasteiger partial charge in [0.05, 0.1) is 16.6 Å². The summed E-state index contributed by atoms with van der Waals surface area (Å²) in [7, 11) is 0. The molecule has 1 atom stereocenters. The maximum absolute atomic E-state index is 12.4. The number of aromatic amines is 1. The lowest BCUT2D eigenvalue weighted by Crippen LogP contribution is -2.55. The quantitative estimate of drug-likeness (QED) is 0.788. The second-order valence-corrected chi connectivity index (χ2v) is 5.48. The van der Waals surface area contributed by atoms with Crippen LogP contribution in [0.1, 0.15) is 31.1 Å². The van der Waals surface area contributed by atoms with E-state index in [1.54, 1.807) is 0 Å². The number of hydrogen-bond donors (Lipinski definition) is 3. The number of rotatable bonds is 4.